The number of nitrogens with one attached hydrogen (secondary N) is 1. The molecule has 130 valence electrons. The van der Waals surface area contributed by atoms with Gasteiger partial charge in [0.05, 0.1) is 0 Å². The van der Waals surface area contributed by atoms with Gasteiger partial charge < -0.3 is 5.32 Å². The molecular formula is C21H23NO3. The quantitative estimate of drug-likeness (QED) is 0.829. The van der Waals surface area contributed by atoms with Crippen LogP contribution in [0.3, 0.4) is 0 Å². The van der Waals surface area contributed by atoms with Gasteiger partial charge in [-0.1, -0.05) is 25.1 Å². The highest BCUT2D eigenvalue weighted by atomic mass is 16.1. The SMILES string of the molecule is CC(=O)c1ccc2c(c1)C(=O)CC(C)C2=O.CNc1cccc(C)c1. The van der Waals surface area contributed by atoms with Crippen molar-refractivity contribution in [1.82, 2.24) is 0 Å². The van der Waals surface area contributed by atoms with Crippen LogP contribution in [0.5, 0.6) is 0 Å². The standard InChI is InChI=1S/C13H12O3.C8H11N/c1-7-5-12(15)11-6-9(8(2)14)3-4-10(11)13(7)16;1-7-4-3-5-8(6-7)9-2/h3-4,6-7H,5H2,1-2H3;3-6,9H,1-2H3. The zero-order valence-electron chi connectivity index (χ0n) is 15.1. The molecule has 2 aromatic rings. The number of carbonyl (C=O) groups is 3. The molecule has 0 saturated heterocycles. The molecule has 2 aromatic carbocycles. The van der Waals surface area contributed by atoms with Crippen LogP contribution < -0.4 is 5.32 Å². The predicted octanol–water partition coefficient (Wildman–Crippen LogP) is 4.33. The highest BCUT2D eigenvalue weighted by Gasteiger charge is 2.29. The normalized spacial score (nSPS) is 15.8. The highest BCUT2D eigenvalue weighted by molar-refractivity contribution is 6.15. The Morgan fingerprint density at radius 1 is 1.08 bits per heavy atom. The molecule has 0 heterocycles. The molecule has 4 nitrogen and oxygen atoms in total. The number of benzene rings is 2. The fraction of sp³-hybridized carbons (Fsp3) is 0.286. The number of ketones is 3. The van der Waals surface area contributed by atoms with E-state index in [0.29, 0.717) is 16.7 Å². The molecule has 1 aliphatic rings. The number of anilines is 1. The first kappa shape index (κ1) is 18.6. The van der Waals surface area contributed by atoms with Gasteiger partial charge in [0.2, 0.25) is 0 Å². The number of fused-ring (bicyclic) bond motifs is 1. The molecule has 0 radical (unpaired) electrons. The molecule has 0 spiro atoms. The van der Waals surface area contributed by atoms with E-state index in [2.05, 4.69) is 24.4 Å². The number of hydrogen-bond acceptors (Lipinski definition) is 4. The smallest absolute Gasteiger partial charge is 0.166 e. The first-order valence-electron chi connectivity index (χ1n) is 8.30. The topological polar surface area (TPSA) is 63.2 Å². The zero-order valence-corrected chi connectivity index (χ0v) is 15.1. The predicted molar refractivity (Wildman–Crippen MR) is 99.6 cm³/mol. The molecule has 0 aliphatic heterocycles. The number of rotatable bonds is 2. The molecule has 3 rings (SSSR count). The molecule has 0 amide bonds. The monoisotopic (exact) mass is 337 g/mol. The van der Waals surface area contributed by atoms with E-state index in [9.17, 15) is 14.4 Å². The maximum atomic E-state index is 11.8. The minimum Gasteiger partial charge on any atom is -0.388 e. The number of carbonyl (C=O) groups excluding carboxylic acids is 3. The average Bonchev–Trinajstić information content (AvgIpc) is 2.60. The Labute approximate surface area is 148 Å². The van der Waals surface area contributed by atoms with E-state index in [0.717, 1.165) is 0 Å². The minimum absolute atomic E-state index is 0.00954. The van der Waals surface area contributed by atoms with Crippen molar-refractivity contribution in [3.05, 3.63) is 64.7 Å². The minimum atomic E-state index is -0.247. The van der Waals surface area contributed by atoms with Crippen molar-refractivity contribution in [3.63, 3.8) is 0 Å². The average molecular weight is 337 g/mol. The summed E-state index contributed by atoms with van der Waals surface area (Å²) in [7, 11) is 1.93. The second kappa shape index (κ2) is 7.88. The summed E-state index contributed by atoms with van der Waals surface area (Å²) in [6.07, 6.45) is 0.243. The van der Waals surface area contributed by atoms with Crippen LogP contribution >= 0.6 is 0 Å². The van der Waals surface area contributed by atoms with Crippen molar-refractivity contribution >= 4 is 23.0 Å². The van der Waals surface area contributed by atoms with Gasteiger partial charge in [0.1, 0.15) is 0 Å². The van der Waals surface area contributed by atoms with E-state index >= 15 is 0 Å². The van der Waals surface area contributed by atoms with Gasteiger partial charge in [-0.3, -0.25) is 14.4 Å². The lowest BCUT2D eigenvalue weighted by Gasteiger charge is -2.19. The Bertz CT molecular complexity index is 824. The summed E-state index contributed by atoms with van der Waals surface area (Å²) in [6.45, 7) is 5.28. The van der Waals surface area contributed by atoms with Crippen LogP contribution in [0.2, 0.25) is 0 Å². The summed E-state index contributed by atoms with van der Waals surface area (Å²) in [4.78, 5) is 34.7. The molecule has 0 aromatic heterocycles. The van der Waals surface area contributed by atoms with Gasteiger partial charge in [0.15, 0.2) is 17.3 Å². The van der Waals surface area contributed by atoms with E-state index in [4.69, 9.17) is 0 Å². The highest BCUT2D eigenvalue weighted by Crippen LogP contribution is 2.26. The first-order valence-corrected chi connectivity index (χ1v) is 8.30. The molecule has 0 saturated carbocycles. The Balaban J connectivity index is 0.000000212. The van der Waals surface area contributed by atoms with Crippen LogP contribution in [0.15, 0.2) is 42.5 Å². The summed E-state index contributed by atoms with van der Waals surface area (Å²) in [5, 5.41) is 3.07. The number of Topliss-reactive ketones (excluding diaryl/α,β-unsaturated/α-hetero) is 3. The van der Waals surface area contributed by atoms with Crippen LogP contribution in [0, 0.1) is 12.8 Å². The Morgan fingerprint density at radius 2 is 1.80 bits per heavy atom. The van der Waals surface area contributed by atoms with E-state index in [1.807, 2.05) is 19.2 Å². The van der Waals surface area contributed by atoms with Gasteiger partial charge >= 0.3 is 0 Å². The largest absolute Gasteiger partial charge is 0.388 e. The Hall–Kier alpha value is -2.75. The second-order valence-corrected chi connectivity index (χ2v) is 6.33. The lowest BCUT2D eigenvalue weighted by atomic mass is 9.82. The molecule has 25 heavy (non-hydrogen) atoms. The molecule has 1 aliphatic carbocycles. The summed E-state index contributed by atoms with van der Waals surface area (Å²) in [5.74, 6) is -0.403. The maximum absolute atomic E-state index is 11.8. The van der Waals surface area contributed by atoms with Gasteiger partial charge in [-0.15, -0.1) is 0 Å². The van der Waals surface area contributed by atoms with Gasteiger partial charge in [0.25, 0.3) is 0 Å². The third kappa shape index (κ3) is 4.41. The third-order valence-electron chi connectivity index (χ3n) is 4.24. The summed E-state index contributed by atoms with van der Waals surface area (Å²) < 4.78 is 0. The van der Waals surface area contributed by atoms with Crippen LogP contribution in [0.4, 0.5) is 5.69 Å². The van der Waals surface area contributed by atoms with Crippen LogP contribution in [0.25, 0.3) is 0 Å². The van der Waals surface area contributed by atoms with Crippen LogP contribution in [0.1, 0.15) is 56.9 Å². The molecule has 0 bridgehead atoms. The molecule has 0 fully saturated rings. The lowest BCUT2D eigenvalue weighted by Crippen LogP contribution is -2.25. The van der Waals surface area contributed by atoms with Crippen molar-refractivity contribution in [3.8, 4) is 0 Å². The van der Waals surface area contributed by atoms with Crippen molar-refractivity contribution in [2.45, 2.75) is 27.2 Å². The van der Waals surface area contributed by atoms with E-state index in [1.54, 1.807) is 19.1 Å². The van der Waals surface area contributed by atoms with E-state index < -0.39 is 0 Å². The summed E-state index contributed by atoms with van der Waals surface area (Å²) >= 11 is 0. The van der Waals surface area contributed by atoms with Gasteiger partial charge in [-0.25, -0.2) is 0 Å². The van der Waals surface area contributed by atoms with Crippen molar-refractivity contribution in [1.29, 1.82) is 0 Å². The fourth-order valence-electron chi connectivity index (χ4n) is 2.76. The molecular weight excluding hydrogens is 314 g/mol. The van der Waals surface area contributed by atoms with Crippen LogP contribution in [-0.4, -0.2) is 24.4 Å². The fourth-order valence-corrected chi connectivity index (χ4v) is 2.76. The first-order chi connectivity index (χ1) is 11.8. The van der Waals surface area contributed by atoms with Crippen LogP contribution in [-0.2, 0) is 0 Å². The number of hydrogen-bond donors (Lipinski definition) is 1. The maximum Gasteiger partial charge on any atom is 0.166 e. The summed E-state index contributed by atoms with van der Waals surface area (Å²) in [5.41, 5.74) is 3.80. The van der Waals surface area contributed by atoms with E-state index in [1.165, 1.54) is 24.2 Å². The van der Waals surface area contributed by atoms with E-state index in [-0.39, 0.29) is 29.7 Å². The van der Waals surface area contributed by atoms with Gasteiger partial charge in [-0.2, -0.15) is 0 Å². The molecule has 1 atom stereocenters. The van der Waals surface area contributed by atoms with Gasteiger partial charge in [0, 0.05) is 41.8 Å². The number of aryl methyl sites for hydroxylation is 1. The second-order valence-electron chi connectivity index (χ2n) is 6.33. The Kier molecular flexibility index (Phi) is 5.86. The van der Waals surface area contributed by atoms with Crippen molar-refractivity contribution < 1.29 is 14.4 Å². The molecule has 4 heteroatoms. The zero-order chi connectivity index (χ0) is 18.6. The molecule has 1 N–H and O–H groups in total. The third-order valence-corrected chi connectivity index (χ3v) is 4.24. The van der Waals surface area contributed by atoms with Crippen molar-refractivity contribution in [2.75, 3.05) is 12.4 Å². The summed E-state index contributed by atoms with van der Waals surface area (Å²) in [6, 6.07) is 13.0. The lowest BCUT2D eigenvalue weighted by molar-refractivity contribution is 0.0834. The van der Waals surface area contributed by atoms with Gasteiger partial charge in [-0.05, 0) is 43.7 Å². The molecule has 1 unspecified atom stereocenters. The Morgan fingerprint density at radius 3 is 2.36 bits per heavy atom. The van der Waals surface area contributed by atoms with Crippen molar-refractivity contribution in [2.24, 2.45) is 5.92 Å².